The van der Waals surface area contributed by atoms with Gasteiger partial charge in [-0.1, -0.05) is 30.3 Å². The summed E-state index contributed by atoms with van der Waals surface area (Å²) in [6.45, 7) is 5.44. The highest BCUT2D eigenvalue weighted by atomic mass is 16.5. The van der Waals surface area contributed by atoms with E-state index in [0.717, 1.165) is 5.69 Å². The molecule has 0 radical (unpaired) electrons. The zero-order valence-corrected chi connectivity index (χ0v) is 15.6. The van der Waals surface area contributed by atoms with Crippen molar-refractivity contribution in [3.05, 3.63) is 60.2 Å². The molecule has 0 bridgehead atoms. The first-order chi connectivity index (χ1) is 12.4. The summed E-state index contributed by atoms with van der Waals surface area (Å²) in [7, 11) is 1.59. The quantitative estimate of drug-likeness (QED) is 0.574. The third kappa shape index (κ3) is 4.42. The van der Waals surface area contributed by atoms with Gasteiger partial charge in [0.1, 0.15) is 11.8 Å². The van der Waals surface area contributed by atoms with Crippen LogP contribution in [0.25, 0.3) is 0 Å². The van der Waals surface area contributed by atoms with E-state index < -0.39 is 17.4 Å². The van der Waals surface area contributed by atoms with Crippen LogP contribution in [0.4, 0.5) is 5.69 Å². The van der Waals surface area contributed by atoms with E-state index >= 15 is 0 Å². The summed E-state index contributed by atoms with van der Waals surface area (Å²) in [6, 6.07) is 15.4. The van der Waals surface area contributed by atoms with E-state index in [1.807, 2.05) is 18.2 Å². The summed E-state index contributed by atoms with van der Waals surface area (Å²) in [5, 5.41) is 3.20. The molecule has 2 aromatic carbocycles. The zero-order chi connectivity index (χ0) is 19.2. The van der Waals surface area contributed by atoms with Crippen molar-refractivity contribution in [3.63, 3.8) is 0 Å². The minimum atomic E-state index is -1.05. The molecule has 0 saturated carbocycles. The molecule has 0 fully saturated rings. The van der Waals surface area contributed by atoms with Gasteiger partial charge in [-0.3, -0.25) is 9.59 Å². The summed E-state index contributed by atoms with van der Waals surface area (Å²) in [6.07, 6.45) is 0. The highest BCUT2D eigenvalue weighted by Crippen LogP contribution is 2.29. The Hall–Kier alpha value is -2.82. The van der Waals surface area contributed by atoms with Gasteiger partial charge in [0.15, 0.2) is 5.78 Å². The molecule has 0 aromatic heterocycles. The SMILES string of the molecule is CCOC(=O)C(C)(C)C(Nc1ccc(OC)cc1)C(=O)c1ccccc1. The van der Waals surface area contributed by atoms with E-state index in [9.17, 15) is 9.59 Å². The van der Waals surface area contributed by atoms with Gasteiger partial charge in [-0.15, -0.1) is 0 Å². The molecular formula is C21H25NO4. The minimum absolute atomic E-state index is 0.167. The number of carbonyl (C=O) groups is 2. The van der Waals surface area contributed by atoms with Crippen molar-refractivity contribution in [3.8, 4) is 5.75 Å². The maximum absolute atomic E-state index is 13.1. The number of Topliss-reactive ketones (excluding diaryl/α,β-unsaturated/α-hetero) is 1. The molecule has 0 amide bonds. The molecule has 0 spiro atoms. The average Bonchev–Trinajstić information content (AvgIpc) is 2.66. The Balaban J connectivity index is 2.37. The lowest BCUT2D eigenvalue weighted by atomic mass is 9.80. The summed E-state index contributed by atoms with van der Waals surface area (Å²) in [4.78, 5) is 25.6. The van der Waals surface area contributed by atoms with Crippen LogP contribution in [0.1, 0.15) is 31.1 Å². The topological polar surface area (TPSA) is 64.6 Å². The summed E-state index contributed by atoms with van der Waals surface area (Å²) in [5.41, 5.74) is 0.205. The molecule has 0 aliphatic carbocycles. The van der Waals surface area contributed by atoms with Gasteiger partial charge in [-0.05, 0) is 45.0 Å². The summed E-state index contributed by atoms with van der Waals surface area (Å²) >= 11 is 0. The van der Waals surface area contributed by atoms with Crippen molar-refractivity contribution in [1.29, 1.82) is 0 Å². The van der Waals surface area contributed by atoms with Gasteiger partial charge in [-0.25, -0.2) is 0 Å². The smallest absolute Gasteiger partial charge is 0.314 e. The molecule has 1 unspecified atom stereocenters. The molecule has 0 aliphatic heterocycles. The molecule has 1 atom stereocenters. The number of carbonyl (C=O) groups excluding carboxylic acids is 2. The van der Waals surface area contributed by atoms with E-state index in [0.29, 0.717) is 11.3 Å². The second kappa shape index (κ2) is 8.52. The monoisotopic (exact) mass is 355 g/mol. The van der Waals surface area contributed by atoms with Crippen molar-refractivity contribution >= 4 is 17.4 Å². The lowest BCUT2D eigenvalue weighted by Crippen LogP contribution is -2.48. The molecule has 0 saturated heterocycles. The lowest BCUT2D eigenvalue weighted by Gasteiger charge is -2.32. The van der Waals surface area contributed by atoms with Crippen LogP contribution in [0.2, 0.25) is 0 Å². The van der Waals surface area contributed by atoms with Gasteiger partial charge < -0.3 is 14.8 Å². The number of benzene rings is 2. The first-order valence-electron chi connectivity index (χ1n) is 8.57. The normalized spacial score (nSPS) is 12.2. The van der Waals surface area contributed by atoms with Crippen LogP contribution in [0, 0.1) is 5.41 Å². The maximum atomic E-state index is 13.1. The molecule has 0 aliphatic rings. The number of ketones is 1. The fraction of sp³-hybridized carbons (Fsp3) is 0.333. The van der Waals surface area contributed by atoms with E-state index in [1.165, 1.54) is 0 Å². The van der Waals surface area contributed by atoms with Crippen LogP contribution >= 0.6 is 0 Å². The molecule has 138 valence electrons. The highest BCUT2D eigenvalue weighted by Gasteiger charge is 2.43. The number of hydrogen-bond donors (Lipinski definition) is 1. The fourth-order valence-corrected chi connectivity index (χ4v) is 2.63. The standard InChI is InChI=1S/C21H25NO4/c1-5-26-20(24)21(2,3)19(18(23)15-9-7-6-8-10-15)22-16-11-13-17(25-4)14-12-16/h6-14,19,22H,5H2,1-4H3. The Labute approximate surface area is 154 Å². The van der Waals surface area contributed by atoms with Crippen molar-refractivity contribution < 1.29 is 19.1 Å². The predicted molar refractivity (Wildman–Crippen MR) is 102 cm³/mol. The Bertz CT molecular complexity index is 738. The van der Waals surface area contributed by atoms with E-state index in [-0.39, 0.29) is 12.4 Å². The van der Waals surface area contributed by atoms with Crippen LogP contribution in [-0.2, 0) is 9.53 Å². The second-order valence-corrected chi connectivity index (χ2v) is 6.48. The average molecular weight is 355 g/mol. The van der Waals surface area contributed by atoms with Gasteiger partial charge in [0.25, 0.3) is 0 Å². The Morgan fingerprint density at radius 1 is 1.04 bits per heavy atom. The van der Waals surface area contributed by atoms with E-state index in [2.05, 4.69) is 5.32 Å². The lowest BCUT2D eigenvalue weighted by molar-refractivity contribution is -0.153. The Kier molecular flexibility index (Phi) is 6.39. The number of anilines is 1. The predicted octanol–water partition coefficient (Wildman–Crippen LogP) is 3.95. The third-order valence-corrected chi connectivity index (χ3v) is 4.24. The van der Waals surface area contributed by atoms with Crippen molar-refractivity contribution in [2.24, 2.45) is 5.41 Å². The van der Waals surface area contributed by atoms with Crippen molar-refractivity contribution in [1.82, 2.24) is 0 Å². The van der Waals surface area contributed by atoms with E-state index in [4.69, 9.17) is 9.47 Å². The largest absolute Gasteiger partial charge is 0.497 e. The van der Waals surface area contributed by atoms with Crippen LogP contribution < -0.4 is 10.1 Å². The van der Waals surface area contributed by atoms with E-state index in [1.54, 1.807) is 64.3 Å². The molecular weight excluding hydrogens is 330 g/mol. The first-order valence-corrected chi connectivity index (χ1v) is 8.57. The molecule has 5 heteroatoms. The first kappa shape index (κ1) is 19.5. The summed E-state index contributed by atoms with van der Waals surface area (Å²) < 4.78 is 10.4. The van der Waals surface area contributed by atoms with Gasteiger partial charge in [-0.2, -0.15) is 0 Å². The van der Waals surface area contributed by atoms with Crippen LogP contribution in [0.3, 0.4) is 0 Å². The van der Waals surface area contributed by atoms with Gasteiger partial charge in [0.05, 0.1) is 19.1 Å². The van der Waals surface area contributed by atoms with Crippen molar-refractivity contribution in [2.45, 2.75) is 26.8 Å². The van der Waals surface area contributed by atoms with Crippen LogP contribution in [-0.4, -0.2) is 31.5 Å². The number of ether oxygens (including phenoxy) is 2. The number of nitrogens with one attached hydrogen (secondary N) is 1. The molecule has 26 heavy (non-hydrogen) atoms. The van der Waals surface area contributed by atoms with Gasteiger partial charge >= 0.3 is 5.97 Å². The third-order valence-electron chi connectivity index (χ3n) is 4.24. The fourth-order valence-electron chi connectivity index (χ4n) is 2.63. The van der Waals surface area contributed by atoms with Crippen molar-refractivity contribution in [2.75, 3.05) is 19.0 Å². The molecule has 2 aromatic rings. The number of hydrogen-bond acceptors (Lipinski definition) is 5. The van der Waals surface area contributed by atoms with Gasteiger partial charge in [0.2, 0.25) is 0 Å². The zero-order valence-electron chi connectivity index (χ0n) is 15.6. The molecule has 2 rings (SSSR count). The Morgan fingerprint density at radius 3 is 2.19 bits per heavy atom. The highest BCUT2D eigenvalue weighted by molar-refractivity contribution is 6.04. The number of rotatable bonds is 8. The van der Waals surface area contributed by atoms with Gasteiger partial charge in [0, 0.05) is 11.3 Å². The second-order valence-electron chi connectivity index (χ2n) is 6.48. The number of methoxy groups -OCH3 is 1. The van der Waals surface area contributed by atoms with Crippen LogP contribution in [0.15, 0.2) is 54.6 Å². The van der Waals surface area contributed by atoms with Crippen LogP contribution in [0.5, 0.6) is 5.75 Å². The maximum Gasteiger partial charge on any atom is 0.314 e. The molecule has 1 N–H and O–H groups in total. The molecule has 0 heterocycles. The number of esters is 1. The minimum Gasteiger partial charge on any atom is -0.497 e. The molecule has 5 nitrogen and oxygen atoms in total. The Morgan fingerprint density at radius 2 is 1.65 bits per heavy atom. The summed E-state index contributed by atoms with van der Waals surface area (Å²) in [5.74, 6) is 0.126.